The smallest absolute Gasteiger partial charge is 0.194 e. The maximum absolute atomic E-state index is 13.5. The Morgan fingerprint density at radius 3 is 1.50 bits per heavy atom. The van der Waals surface area contributed by atoms with Crippen LogP contribution >= 0.6 is 31.9 Å². The monoisotopic (exact) mass is 492 g/mol. The second kappa shape index (κ2) is 8.17. The molecule has 0 atom stereocenters. The molecule has 5 heteroatoms. The van der Waals surface area contributed by atoms with Gasteiger partial charge in [-0.1, -0.05) is 48.5 Å². The van der Waals surface area contributed by atoms with Gasteiger partial charge in [0.2, 0.25) is 0 Å². The summed E-state index contributed by atoms with van der Waals surface area (Å²) in [6.07, 6.45) is 6.98. The first-order valence-electron chi connectivity index (χ1n) is 8.58. The minimum absolute atomic E-state index is 0.0360. The molecule has 3 nitrogen and oxygen atoms in total. The van der Waals surface area contributed by atoms with Crippen molar-refractivity contribution in [3.8, 4) is 22.3 Å². The van der Waals surface area contributed by atoms with Crippen molar-refractivity contribution in [3.05, 3.63) is 106 Å². The van der Waals surface area contributed by atoms with Gasteiger partial charge in [-0.2, -0.15) is 0 Å². The van der Waals surface area contributed by atoms with Crippen molar-refractivity contribution in [2.45, 2.75) is 0 Å². The van der Waals surface area contributed by atoms with Crippen LogP contribution in [-0.4, -0.2) is 15.8 Å². The van der Waals surface area contributed by atoms with E-state index in [1.165, 1.54) is 0 Å². The molecule has 0 fully saturated rings. The van der Waals surface area contributed by atoms with Crippen molar-refractivity contribution in [2.24, 2.45) is 0 Å². The van der Waals surface area contributed by atoms with Crippen molar-refractivity contribution < 1.29 is 4.79 Å². The Kier molecular flexibility index (Phi) is 5.46. The molecule has 0 radical (unpaired) electrons. The molecule has 0 saturated heterocycles. The topological polar surface area (TPSA) is 42.9 Å². The predicted molar refractivity (Wildman–Crippen MR) is 118 cm³/mol. The molecule has 0 saturated carbocycles. The van der Waals surface area contributed by atoms with E-state index in [0.29, 0.717) is 11.1 Å². The lowest BCUT2D eigenvalue weighted by Gasteiger charge is -2.12. The van der Waals surface area contributed by atoms with E-state index in [-0.39, 0.29) is 5.78 Å². The molecule has 0 aliphatic heterocycles. The normalized spacial score (nSPS) is 10.6. The van der Waals surface area contributed by atoms with E-state index in [0.717, 1.165) is 31.2 Å². The zero-order valence-electron chi connectivity index (χ0n) is 14.6. The molecule has 0 N–H and O–H groups in total. The number of carbonyl (C=O) groups excluding carboxylic acids is 1. The van der Waals surface area contributed by atoms with Crippen LogP contribution in [0.1, 0.15) is 15.9 Å². The molecule has 4 aromatic rings. The summed E-state index contributed by atoms with van der Waals surface area (Å²) in [5, 5.41) is 0. The molecule has 0 bridgehead atoms. The lowest BCUT2D eigenvalue weighted by atomic mass is 9.91. The molecule has 136 valence electrons. The highest BCUT2D eigenvalue weighted by Crippen LogP contribution is 2.31. The van der Waals surface area contributed by atoms with Crippen molar-refractivity contribution in [1.29, 1.82) is 0 Å². The molecule has 0 spiro atoms. The molecule has 0 unspecified atom stereocenters. The third-order valence-electron chi connectivity index (χ3n) is 4.38. The van der Waals surface area contributed by atoms with Crippen molar-refractivity contribution >= 4 is 37.6 Å². The number of ketones is 1. The SMILES string of the molecule is O=C(c1ccccc1-c1cncc(Br)c1)c1ccccc1-c1cncc(Br)c1. The van der Waals surface area contributed by atoms with Gasteiger partial charge in [0, 0.05) is 56.0 Å². The van der Waals surface area contributed by atoms with Crippen molar-refractivity contribution in [2.75, 3.05) is 0 Å². The standard InChI is InChI=1S/C23H14Br2N2O/c24-17-9-15(11-26-13-17)19-5-1-3-7-21(19)23(28)22-8-4-2-6-20(22)16-10-18(25)14-27-12-16/h1-14H. The van der Waals surface area contributed by atoms with Gasteiger partial charge < -0.3 is 0 Å². The fourth-order valence-corrected chi connectivity index (χ4v) is 3.86. The largest absolute Gasteiger partial charge is 0.289 e. The van der Waals surface area contributed by atoms with E-state index in [1.807, 2.05) is 60.7 Å². The van der Waals surface area contributed by atoms with Gasteiger partial charge in [-0.05, 0) is 55.1 Å². The Morgan fingerprint density at radius 2 is 1.07 bits per heavy atom. The second-order valence-corrected chi connectivity index (χ2v) is 8.04. The highest BCUT2D eigenvalue weighted by Gasteiger charge is 2.18. The second-order valence-electron chi connectivity index (χ2n) is 6.20. The summed E-state index contributed by atoms with van der Waals surface area (Å²) >= 11 is 6.91. The van der Waals surface area contributed by atoms with Gasteiger partial charge in [-0.3, -0.25) is 14.8 Å². The number of halogens is 2. The number of rotatable bonds is 4. The average molecular weight is 494 g/mol. The summed E-state index contributed by atoms with van der Waals surface area (Å²) in [6.45, 7) is 0. The van der Waals surface area contributed by atoms with Gasteiger partial charge in [0.15, 0.2) is 5.78 Å². The van der Waals surface area contributed by atoms with Crippen LogP contribution in [0.4, 0.5) is 0 Å². The minimum atomic E-state index is -0.0360. The van der Waals surface area contributed by atoms with Crippen LogP contribution in [0.15, 0.2) is 94.4 Å². The van der Waals surface area contributed by atoms with Gasteiger partial charge in [-0.15, -0.1) is 0 Å². The van der Waals surface area contributed by atoms with Crippen LogP contribution in [-0.2, 0) is 0 Å². The highest BCUT2D eigenvalue weighted by atomic mass is 79.9. The van der Waals surface area contributed by atoms with E-state index in [2.05, 4.69) is 41.8 Å². The number of aromatic nitrogens is 2. The molecule has 0 aliphatic rings. The summed E-state index contributed by atoms with van der Waals surface area (Å²) in [4.78, 5) is 22.0. The number of benzene rings is 2. The van der Waals surface area contributed by atoms with Crippen LogP contribution in [0.3, 0.4) is 0 Å². The fourth-order valence-electron chi connectivity index (χ4n) is 3.13. The third kappa shape index (κ3) is 3.81. The molecule has 0 aliphatic carbocycles. The van der Waals surface area contributed by atoms with Gasteiger partial charge >= 0.3 is 0 Å². The van der Waals surface area contributed by atoms with E-state index >= 15 is 0 Å². The number of carbonyl (C=O) groups is 1. The van der Waals surface area contributed by atoms with Crippen LogP contribution in [0.2, 0.25) is 0 Å². The van der Waals surface area contributed by atoms with E-state index in [4.69, 9.17) is 0 Å². The van der Waals surface area contributed by atoms with Gasteiger partial charge in [0.1, 0.15) is 0 Å². The van der Waals surface area contributed by atoms with Crippen LogP contribution < -0.4 is 0 Å². The number of hydrogen-bond acceptors (Lipinski definition) is 3. The van der Waals surface area contributed by atoms with Gasteiger partial charge in [-0.25, -0.2) is 0 Å². The van der Waals surface area contributed by atoms with E-state index < -0.39 is 0 Å². The zero-order chi connectivity index (χ0) is 19.5. The first-order valence-corrected chi connectivity index (χ1v) is 10.2. The molecular formula is C23H14Br2N2O. The summed E-state index contributed by atoms with van der Waals surface area (Å²) in [5.41, 5.74) is 4.75. The van der Waals surface area contributed by atoms with Crippen molar-refractivity contribution in [1.82, 2.24) is 9.97 Å². The summed E-state index contributed by atoms with van der Waals surface area (Å²) in [6, 6.07) is 19.1. The number of nitrogens with zero attached hydrogens (tertiary/aromatic N) is 2. The first kappa shape index (κ1) is 18.7. The van der Waals surface area contributed by atoms with Crippen LogP contribution in [0.25, 0.3) is 22.3 Å². The Bertz CT molecular complexity index is 1080. The summed E-state index contributed by atoms with van der Waals surface area (Å²) in [7, 11) is 0. The van der Waals surface area contributed by atoms with E-state index in [1.54, 1.807) is 24.8 Å². The molecule has 2 aromatic carbocycles. The zero-order valence-corrected chi connectivity index (χ0v) is 17.8. The lowest BCUT2D eigenvalue weighted by molar-refractivity contribution is 0.104. The minimum Gasteiger partial charge on any atom is -0.289 e. The maximum Gasteiger partial charge on any atom is 0.194 e. The Hall–Kier alpha value is -2.63. The first-order chi connectivity index (χ1) is 13.6. The predicted octanol–water partition coefficient (Wildman–Crippen LogP) is 6.57. The number of hydrogen-bond donors (Lipinski definition) is 0. The average Bonchev–Trinajstić information content (AvgIpc) is 2.73. The summed E-state index contributed by atoms with van der Waals surface area (Å²) < 4.78 is 1.74. The van der Waals surface area contributed by atoms with E-state index in [9.17, 15) is 4.79 Å². The Morgan fingerprint density at radius 1 is 0.643 bits per heavy atom. The molecular weight excluding hydrogens is 480 g/mol. The quantitative estimate of drug-likeness (QED) is 0.302. The summed E-state index contributed by atoms with van der Waals surface area (Å²) in [5.74, 6) is -0.0360. The lowest BCUT2D eigenvalue weighted by Crippen LogP contribution is -2.05. The van der Waals surface area contributed by atoms with Crippen LogP contribution in [0.5, 0.6) is 0 Å². The van der Waals surface area contributed by atoms with Gasteiger partial charge in [0.25, 0.3) is 0 Å². The third-order valence-corrected chi connectivity index (χ3v) is 5.24. The molecule has 2 aromatic heterocycles. The highest BCUT2D eigenvalue weighted by molar-refractivity contribution is 9.10. The fraction of sp³-hybridized carbons (Fsp3) is 0. The molecule has 0 amide bonds. The molecule has 28 heavy (non-hydrogen) atoms. The van der Waals surface area contributed by atoms with Gasteiger partial charge in [0.05, 0.1) is 0 Å². The van der Waals surface area contributed by atoms with Crippen molar-refractivity contribution in [3.63, 3.8) is 0 Å². The maximum atomic E-state index is 13.5. The Balaban J connectivity index is 1.85. The molecule has 4 rings (SSSR count). The van der Waals surface area contributed by atoms with Crippen LogP contribution in [0, 0.1) is 0 Å². The number of pyridine rings is 2. The Labute approximate surface area is 179 Å². The molecule has 2 heterocycles.